The zero-order valence-electron chi connectivity index (χ0n) is 33.2. The van der Waals surface area contributed by atoms with Crippen molar-refractivity contribution in [2.24, 2.45) is 17.8 Å². The molecule has 3 N–H and O–H groups in total. The van der Waals surface area contributed by atoms with E-state index in [0.29, 0.717) is 43.9 Å². The van der Waals surface area contributed by atoms with Gasteiger partial charge in [0.1, 0.15) is 41.0 Å². The van der Waals surface area contributed by atoms with E-state index in [1.165, 1.54) is 31.4 Å². The summed E-state index contributed by atoms with van der Waals surface area (Å²) in [5.74, 6) is -4.87. The van der Waals surface area contributed by atoms with E-state index in [-0.39, 0.29) is 49.9 Å². The van der Waals surface area contributed by atoms with Crippen molar-refractivity contribution in [1.82, 2.24) is 25.2 Å². The highest BCUT2D eigenvalue weighted by Crippen LogP contribution is 2.48. The van der Waals surface area contributed by atoms with Crippen molar-refractivity contribution in [3.8, 4) is 11.8 Å². The van der Waals surface area contributed by atoms with Crippen LogP contribution < -0.4 is 24.8 Å². The molecule has 1 aromatic carbocycles. The molecule has 1 saturated heterocycles. The van der Waals surface area contributed by atoms with Crippen molar-refractivity contribution >= 4 is 44.6 Å². The Balaban J connectivity index is 1.37. The first kappa shape index (κ1) is 43.8. The van der Waals surface area contributed by atoms with Crippen molar-refractivity contribution in [2.75, 3.05) is 20.3 Å². The van der Waals surface area contributed by atoms with Gasteiger partial charge in [0.25, 0.3) is 5.91 Å². The predicted octanol–water partition coefficient (Wildman–Crippen LogP) is 5.00. The van der Waals surface area contributed by atoms with Crippen molar-refractivity contribution in [2.45, 2.75) is 113 Å². The number of pyridine rings is 1. The molecule has 0 unspecified atom stereocenters. The third kappa shape index (κ3) is 8.92. The normalized spacial score (nSPS) is 29.2. The minimum atomic E-state index is -4.95. The lowest BCUT2D eigenvalue weighted by atomic mass is 9.88. The number of carbonyl (C=O) groups excluding carboxylic acids is 4. The van der Waals surface area contributed by atoms with Crippen molar-refractivity contribution in [1.29, 1.82) is 0 Å². The number of sulfonamides is 1. The van der Waals surface area contributed by atoms with Crippen LogP contribution >= 0.6 is 0 Å². The Morgan fingerprint density at radius 2 is 1.81 bits per heavy atom. The standard InChI is InChI=1S/C39H48F5N5O9S/c1-21-8-6-7-9-24-18-38(24,34(52)48-59(54,55)37(20-40)12-13-37)47-31(50)28-17-26(57-32-27-11-10-25(41)15-23(27)16-29(45-32)56-5)19-49(28)33(51)30(22(2)14-21)46-35(53)58-36(3,4)39(42,43)44/h7,9-11,15-16,21-22,24,26,28,30H,6,8,12-14,17-20H2,1-5H3,(H,46,53)(H,47,50)(H,48,52)/b9-7-/t21-,22-,24-,26-,28+,30+,38-/m1/s1. The SMILES string of the molecule is COc1cc2cc(F)ccc2c(O[C@@H]2C[C@H]3C(=O)N[C@]4(C(=O)NS(=O)(=O)C5(CF)CC5)C[C@H]4/C=C\CC[C@@H](C)C[C@@H](C)[C@H](NC(=O)OC(C)(C)C(F)(F)F)C(=O)N3C2)n1. The number of hydrogen-bond donors (Lipinski definition) is 3. The van der Waals surface area contributed by atoms with Crippen LogP contribution in [0.15, 0.2) is 36.4 Å². The Morgan fingerprint density at radius 1 is 1.10 bits per heavy atom. The predicted molar refractivity (Wildman–Crippen MR) is 202 cm³/mol. The Kier molecular flexibility index (Phi) is 11.9. The summed E-state index contributed by atoms with van der Waals surface area (Å²) in [7, 11) is -3.15. The summed E-state index contributed by atoms with van der Waals surface area (Å²) < 4.78 is 112. The van der Waals surface area contributed by atoms with Gasteiger partial charge in [0, 0.05) is 23.8 Å². The number of halogens is 5. The molecule has 6 rings (SSSR count). The molecule has 324 valence electrons. The minimum absolute atomic E-state index is 0.00869. The maximum absolute atomic E-state index is 14.7. The van der Waals surface area contributed by atoms with Crippen molar-refractivity contribution < 1.29 is 63.8 Å². The number of nitrogens with zero attached hydrogens (tertiary/aromatic N) is 2. The van der Waals surface area contributed by atoms with E-state index in [0.717, 1.165) is 4.90 Å². The molecule has 0 radical (unpaired) electrons. The van der Waals surface area contributed by atoms with Crippen LogP contribution in [0.3, 0.4) is 0 Å². The topological polar surface area (TPSA) is 182 Å². The molecule has 2 aliphatic carbocycles. The van der Waals surface area contributed by atoms with Gasteiger partial charge in [0.05, 0.1) is 13.7 Å². The molecule has 3 heterocycles. The minimum Gasteiger partial charge on any atom is -0.481 e. The first-order chi connectivity index (χ1) is 27.5. The molecule has 59 heavy (non-hydrogen) atoms. The number of carbonyl (C=O) groups is 4. The molecule has 7 atom stereocenters. The number of rotatable bonds is 9. The number of ether oxygens (including phenoxy) is 3. The van der Waals surface area contributed by atoms with E-state index in [9.17, 15) is 49.5 Å². The summed E-state index contributed by atoms with van der Waals surface area (Å²) in [6.45, 7) is 3.28. The fraction of sp³-hybridized carbons (Fsp3) is 0.615. The van der Waals surface area contributed by atoms with Crippen LogP contribution in [0.4, 0.5) is 26.7 Å². The molecule has 14 nitrogen and oxygen atoms in total. The number of aromatic nitrogens is 1. The van der Waals surface area contributed by atoms with Crippen molar-refractivity contribution in [3.05, 3.63) is 42.2 Å². The van der Waals surface area contributed by atoms with E-state index in [1.54, 1.807) is 19.1 Å². The zero-order chi connectivity index (χ0) is 43.3. The average Bonchev–Trinajstić information content (AvgIpc) is 4.05. The van der Waals surface area contributed by atoms with E-state index >= 15 is 0 Å². The number of alkyl carbamates (subject to hydrolysis) is 1. The molecule has 4 amide bonds. The van der Waals surface area contributed by atoms with Crippen LogP contribution in [0.25, 0.3) is 10.8 Å². The highest BCUT2D eigenvalue weighted by molar-refractivity contribution is 7.91. The van der Waals surface area contributed by atoms with Gasteiger partial charge in [-0.05, 0) is 87.8 Å². The first-order valence-corrected chi connectivity index (χ1v) is 20.8. The summed E-state index contributed by atoms with van der Waals surface area (Å²) >= 11 is 0. The molecule has 3 fully saturated rings. The fourth-order valence-corrected chi connectivity index (χ4v) is 9.15. The smallest absolute Gasteiger partial charge is 0.427 e. The van der Waals surface area contributed by atoms with E-state index in [1.807, 2.05) is 11.6 Å². The number of nitrogens with one attached hydrogen (secondary N) is 3. The van der Waals surface area contributed by atoms with Gasteiger partial charge in [-0.15, -0.1) is 0 Å². The average molecular weight is 858 g/mol. The number of amides is 4. The number of alkyl halides is 4. The fourth-order valence-electron chi connectivity index (χ4n) is 7.72. The van der Waals surface area contributed by atoms with Gasteiger partial charge in [-0.3, -0.25) is 19.1 Å². The summed E-state index contributed by atoms with van der Waals surface area (Å²) in [5, 5.41) is 5.72. The van der Waals surface area contributed by atoms with Crippen molar-refractivity contribution in [3.63, 3.8) is 0 Å². The van der Waals surface area contributed by atoms with Gasteiger partial charge >= 0.3 is 12.3 Å². The largest absolute Gasteiger partial charge is 0.481 e. The van der Waals surface area contributed by atoms with Gasteiger partial charge in [-0.1, -0.05) is 26.0 Å². The summed E-state index contributed by atoms with van der Waals surface area (Å²) in [6.07, 6.45) is -2.95. The van der Waals surface area contributed by atoms with Crippen LogP contribution in [-0.4, -0.2) is 103 Å². The van der Waals surface area contributed by atoms with E-state index < -0.39 is 98.4 Å². The maximum Gasteiger partial charge on any atom is 0.427 e. The quantitative estimate of drug-likeness (QED) is 0.229. The van der Waals surface area contributed by atoms with Gasteiger partial charge in [0.2, 0.25) is 39.2 Å². The first-order valence-electron chi connectivity index (χ1n) is 19.3. The zero-order valence-corrected chi connectivity index (χ0v) is 34.0. The van der Waals surface area contributed by atoms with E-state index in [4.69, 9.17) is 14.2 Å². The molecule has 4 aliphatic rings. The summed E-state index contributed by atoms with van der Waals surface area (Å²) in [4.78, 5) is 61.7. The Bertz CT molecular complexity index is 2130. The van der Waals surface area contributed by atoms with Crippen LogP contribution in [0.5, 0.6) is 11.8 Å². The maximum atomic E-state index is 14.7. The number of hydrogen-bond acceptors (Lipinski definition) is 10. The lowest BCUT2D eigenvalue weighted by Crippen LogP contribution is -2.60. The third-order valence-corrected chi connectivity index (χ3v) is 13.9. The second-order valence-electron chi connectivity index (χ2n) is 16.7. The van der Waals surface area contributed by atoms with Gasteiger partial charge in [-0.2, -0.15) is 18.2 Å². The third-order valence-electron chi connectivity index (χ3n) is 11.8. The van der Waals surface area contributed by atoms with Gasteiger partial charge < -0.3 is 29.7 Å². The number of allylic oxidation sites excluding steroid dienone is 1. The molecule has 2 aromatic rings. The molecule has 1 aromatic heterocycles. The molecular weight excluding hydrogens is 810 g/mol. The highest BCUT2D eigenvalue weighted by atomic mass is 32.2. The highest BCUT2D eigenvalue weighted by Gasteiger charge is 2.64. The van der Waals surface area contributed by atoms with Crippen LogP contribution in [0.2, 0.25) is 0 Å². The second kappa shape index (κ2) is 16.0. The Hall–Kier alpha value is -4.75. The van der Waals surface area contributed by atoms with Gasteiger partial charge in [-0.25, -0.2) is 22.0 Å². The Labute approximate surface area is 338 Å². The molecule has 20 heteroatoms. The number of benzene rings is 1. The lowest BCUT2D eigenvalue weighted by molar-refractivity contribution is -0.244. The number of methoxy groups -OCH3 is 1. The molecule has 0 spiro atoms. The molecule has 2 aliphatic heterocycles. The Morgan fingerprint density at radius 3 is 2.46 bits per heavy atom. The summed E-state index contributed by atoms with van der Waals surface area (Å²) in [6, 6.07) is 2.33. The molecule has 0 bridgehead atoms. The lowest BCUT2D eigenvalue weighted by Gasteiger charge is -2.34. The number of fused-ring (bicyclic) bond motifs is 3. The molecular formula is C39H48F5N5O9S. The second-order valence-corrected chi connectivity index (χ2v) is 18.8. The monoisotopic (exact) mass is 857 g/mol. The summed E-state index contributed by atoms with van der Waals surface area (Å²) in [5.41, 5.74) is -4.74. The van der Waals surface area contributed by atoms with Crippen LogP contribution in [0.1, 0.15) is 72.6 Å². The van der Waals surface area contributed by atoms with Crippen LogP contribution in [-0.2, 0) is 29.1 Å². The van der Waals surface area contributed by atoms with E-state index in [2.05, 4.69) is 15.6 Å². The van der Waals surface area contributed by atoms with Crippen LogP contribution in [0, 0.1) is 23.6 Å². The molecule has 2 saturated carbocycles. The van der Waals surface area contributed by atoms with Gasteiger partial charge in [0.15, 0.2) is 0 Å².